The van der Waals surface area contributed by atoms with Gasteiger partial charge < -0.3 is 10.7 Å². The van der Waals surface area contributed by atoms with Gasteiger partial charge in [0.2, 0.25) is 5.82 Å². The first-order valence-corrected chi connectivity index (χ1v) is 5.19. The number of nitrogens with two attached hydrogens (primary N) is 1. The molecule has 3 N–H and O–H groups in total. The Morgan fingerprint density at radius 1 is 0.900 bits per heavy atom. The smallest absolute Gasteiger partial charge is 0.399 e. The van der Waals surface area contributed by atoms with Gasteiger partial charge in [0.1, 0.15) is 11.4 Å². The van der Waals surface area contributed by atoms with Gasteiger partial charge in [0, 0.05) is 11.3 Å². The van der Waals surface area contributed by atoms with E-state index in [4.69, 9.17) is 5.73 Å². The summed E-state index contributed by atoms with van der Waals surface area (Å²) in [7, 11) is 0. The molecule has 1 heterocycles. The van der Waals surface area contributed by atoms with Crippen molar-refractivity contribution in [3.8, 4) is 11.3 Å². The molecule has 0 bridgehead atoms. The maximum absolute atomic E-state index is 12.8. The lowest BCUT2D eigenvalue weighted by atomic mass is 10.1. The number of H-pyrrole nitrogens is 1. The van der Waals surface area contributed by atoms with Gasteiger partial charge >= 0.3 is 12.4 Å². The molecule has 0 amide bonds. The van der Waals surface area contributed by atoms with Gasteiger partial charge in [-0.05, 0) is 12.1 Å². The SMILES string of the molecule is Nc1ccc(-c2nc(C(F)(F)F)[nH]c2C(F)(F)F)cc1. The summed E-state index contributed by atoms with van der Waals surface area (Å²) in [6, 6.07) is 4.89. The summed E-state index contributed by atoms with van der Waals surface area (Å²) in [5.41, 5.74) is 3.17. The number of nitrogens with zero attached hydrogens (tertiary/aromatic N) is 1. The number of nitrogen functional groups attached to an aromatic ring is 1. The molecule has 1 aromatic heterocycles. The van der Waals surface area contributed by atoms with E-state index in [-0.39, 0.29) is 11.3 Å². The van der Waals surface area contributed by atoms with Crippen molar-refractivity contribution >= 4 is 5.69 Å². The van der Waals surface area contributed by atoms with Crippen molar-refractivity contribution in [2.45, 2.75) is 12.4 Å². The number of nitrogens with one attached hydrogen (secondary N) is 1. The number of rotatable bonds is 1. The fourth-order valence-corrected chi connectivity index (χ4v) is 1.56. The van der Waals surface area contributed by atoms with E-state index in [1.807, 2.05) is 0 Å². The van der Waals surface area contributed by atoms with Crippen LogP contribution < -0.4 is 5.73 Å². The summed E-state index contributed by atoms with van der Waals surface area (Å²) in [5, 5.41) is 0. The molecule has 20 heavy (non-hydrogen) atoms. The number of imidazole rings is 1. The van der Waals surface area contributed by atoms with Crippen molar-refractivity contribution in [2.24, 2.45) is 0 Å². The average molecular weight is 295 g/mol. The largest absolute Gasteiger partial charge is 0.449 e. The zero-order valence-electron chi connectivity index (χ0n) is 9.60. The van der Waals surface area contributed by atoms with Crippen LogP contribution in [-0.2, 0) is 12.4 Å². The second-order valence-corrected chi connectivity index (χ2v) is 3.93. The monoisotopic (exact) mass is 295 g/mol. The Kier molecular flexibility index (Phi) is 3.15. The Morgan fingerprint density at radius 2 is 1.45 bits per heavy atom. The van der Waals surface area contributed by atoms with E-state index in [2.05, 4.69) is 4.98 Å². The minimum Gasteiger partial charge on any atom is -0.399 e. The van der Waals surface area contributed by atoms with Crippen molar-refractivity contribution in [1.82, 2.24) is 9.97 Å². The molecular formula is C11H7F6N3. The van der Waals surface area contributed by atoms with Gasteiger partial charge in [0.25, 0.3) is 0 Å². The molecule has 0 saturated heterocycles. The van der Waals surface area contributed by atoms with Gasteiger partial charge in [-0.2, -0.15) is 26.3 Å². The Bertz CT molecular complexity index is 609. The third-order valence-corrected chi connectivity index (χ3v) is 2.44. The first-order valence-electron chi connectivity index (χ1n) is 5.19. The zero-order valence-corrected chi connectivity index (χ0v) is 9.60. The molecule has 3 nitrogen and oxygen atoms in total. The molecular weight excluding hydrogens is 288 g/mol. The van der Waals surface area contributed by atoms with Crippen LogP contribution in [0.3, 0.4) is 0 Å². The minimum absolute atomic E-state index is 0.113. The van der Waals surface area contributed by atoms with E-state index in [1.54, 1.807) is 0 Å². The van der Waals surface area contributed by atoms with Crippen LogP contribution in [0.15, 0.2) is 24.3 Å². The molecule has 0 atom stereocenters. The van der Waals surface area contributed by atoms with Gasteiger partial charge in [0.15, 0.2) is 0 Å². The van der Waals surface area contributed by atoms with Crippen molar-refractivity contribution in [1.29, 1.82) is 0 Å². The first kappa shape index (κ1) is 14.2. The molecule has 0 aliphatic rings. The predicted octanol–water partition coefficient (Wildman–Crippen LogP) is 3.70. The molecule has 108 valence electrons. The van der Waals surface area contributed by atoms with Crippen molar-refractivity contribution in [3.05, 3.63) is 35.8 Å². The summed E-state index contributed by atoms with van der Waals surface area (Å²) in [4.78, 5) is 4.29. The molecule has 0 fully saturated rings. The molecule has 0 spiro atoms. The van der Waals surface area contributed by atoms with E-state index < -0.39 is 29.6 Å². The standard InChI is InChI=1S/C11H7F6N3/c12-10(13,14)8-7(5-1-3-6(18)4-2-5)19-9(20-8)11(15,16)17/h1-4H,18H2,(H,19,20). The molecule has 0 radical (unpaired) electrons. The number of aromatic nitrogens is 2. The summed E-state index contributed by atoms with van der Waals surface area (Å²) in [6.07, 6.45) is -9.97. The quantitative estimate of drug-likeness (QED) is 0.622. The number of anilines is 1. The lowest BCUT2D eigenvalue weighted by Gasteiger charge is -2.06. The Hall–Kier alpha value is -2.19. The van der Waals surface area contributed by atoms with Crippen molar-refractivity contribution < 1.29 is 26.3 Å². The van der Waals surface area contributed by atoms with Gasteiger partial charge in [0.05, 0.1) is 0 Å². The van der Waals surface area contributed by atoms with Crippen LogP contribution in [-0.4, -0.2) is 9.97 Å². The van der Waals surface area contributed by atoms with Crippen LogP contribution in [0.25, 0.3) is 11.3 Å². The number of halogens is 6. The molecule has 1 aromatic carbocycles. The molecule has 2 aromatic rings. The van der Waals surface area contributed by atoms with Crippen LogP contribution >= 0.6 is 0 Å². The Labute approximate surface area is 108 Å². The number of alkyl halides is 6. The highest BCUT2D eigenvalue weighted by Gasteiger charge is 2.42. The first-order chi connectivity index (χ1) is 9.09. The van der Waals surface area contributed by atoms with Crippen LogP contribution in [0, 0.1) is 0 Å². The third-order valence-electron chi connectivity index (χ3n) is 2.44. The summed E-state index contributed by atoms with van der Waals surface area (Å²) in [5.74, 6) is -1.70. The van der Waals surface area contributed by atoms with Crippen LogP contribution in [0.5, 0.6) is 0 Å². The van der Waals surface area contributed by atoms with Crippen LogP contribution in [0.1, 0.15) is 11.5 Å². The summed E-state index contributed by atoms with van der Waals surface area (Å²) < 4.78 is 75.7. The second-order valence-electron chi connectivity index (χ2n) is 3.93. The van der Waals surface area contributed by atoms with Crippen molar-refractivity contribution in [3.63, 3.8) is 0 Å². The minimum atomic E-state index is -4.99. The third kappa shape index (κ3) is 2.70. The Morgan fingerprint density at radius 3 is 1.90 bits per heavy atom. The highest BCUT2D eigenvalue weighted by Crippen LogP contribution is 2.38. The van der Waals surface area contributed by atoms with E-state index in [9.17, 15) is 26.3 Å². The van der Waals surface area contributed by atoms with E-state index in [0.717, 1.165) is 0 Å². The molecule has 2 rings (SSSR count). The van der Waals surface area contributed by atoms with Gasteiger partial charge in [-0.1, -0.05) is 12.1 Å². The zero-order chi connectivity index (χ0) is 15.1. The van der Waals surface area contributed by atoms with Gasteiger partial charge in [-0.3, -0.25) is 0 Å². The number of hydrogen-bond donors (Lipinski definition) is 2. The summed E-state index contributed by atoms with van der Waals surface area (Å²) in [6.45, 7) is 0. The van der Waals surface area contributed by atoms with Gasteiger partial charge in [-0.25, -0.2) is 4.98 Å². The highest BCUT2D eigenvalue weighted by atomic mass is 19.4. The number of hydrogen-bond acceptors (Lipinski definition) is 2. The second kappa shape index (κ2) is 4.43. The highest BCUT2D eigenvalue weighted by molar-refractivity contribution is 5.65. The molecule has 9 heteroatoms. The van der Waals surface area contributed by atoms with Gasteiger partial charge in [-0.15, -0.1) is 0 Å². The predicted molar refractivity (Wildman–Crippen MR) is 58.4 cm³/mol. The lowest BCUT2D eigenvalue weighted by molar-refractivity contribution is -0.149. The fraction of sp³-hybridized carbons (Fsp3) is 0.182. The maximum Gasteiger partial charge on any atom is 0.449 e. The topological polar surface area (TPSA) is 54.7 Å². The lowest BCUT2D eigenvalue weighted by Crippen LogP contribution is -2.10. The fourth-order valence-electron chi connectivity index (χ4n) is 1.56. The maximum atomic E-state index is 12.8. The van der Waals surface area contributed by atoms with E-state index in [0.29, 0.717) is 0 Å². The molecule has 0 saturated carbocycles. The molecule has 0 aliphatic heterocycles. The molecule has 0 unspecified atom stereocenters. The van der Waals surface area contributed by atoms with Crippen LogP contribution in [0.4, 0.5) is 32.0 Å². The summed E-state index contributed by atoms with van der Waals surface area (Å²) >= 11 is 0. The average Bonchev–Trinajstić information content (AvgIpc) is 2.74. The van der Waals surface area contributed by atoms with Crippen LogP contribution in [0.2, 0.25) is 0 Å². The molecule has 0 aliphatic carbocycles. The number of benzene rings is 1. The number of aromatic amines is 1. The van der Waals surface area contributed by atoms with Crippen molar-refractivity contribution in [2.75, 3.05) is 5.73 Å². The van der Waals surface area contributed by atoms with E-state index >= 15 is 0 Å². The Balaban J connectivity index is 2.62. The van der Waals surface area contributed by atoms with E-state index in [1.165, 1.54) is 29.2 Å². The normalized spacial score (nSPS) is 12.7.